The third kappa shape index (κ3) is 4.81. The molecule has 0 saturated heterocycles. The van der Waals surface area contributed by atoms with Gasteiger partial charge in [-0.15, -0.1) is 6.58 Å². The van der Waals surface area contributed by atoms with Crippen molar-refractivity contribution in [3.63, 3.8) is 0 Å². The van der Waals surface area contributed by atoms with Gasteiger partial charge in [-0.2, -0.15) is 0 Å². The fraction of sp³-hybridized carbons (Fsp3) is 0.483. The molecule has 6 heteroatoms. The molecular weight excluding hydrogens is 462 g/mol. The molecule has 0 bridgehead atoms. The Hall–Kier alpha value is -2.50. The third-order valence-electron chi connectivity index (χ3n) is 8.33. The van der Waals surface area contributed by atoms with Crippen LogP contribution in [-0.2, 0) is 11.8 Å². The standard InChI is InChI=1S/C29H34ClNO4/c1-2-4-24(32)14-19-6-7-22(19)16-31-17-29(12-3-5-20-13-23(30)9-10-25(20)29)18-35-27-11-8-21(28(33)34)15-26(27)31/h2,8-11,13,15,19,22,24,32H,1,3-7,12,14,16-18H2,(H,33,34)/t19-,22-,24?,29-/m0/s1. The smallest absolute Gasteiger partial charge is 0.335 e. The van der Waals surface area contributed by atoms with Crippen molar-refractivity contribution in [2.75, 3.05) is 24.6 Å². The zero-order chi connectivity index (χ0) is 24.6. The number of carboxylic acids is 1. The molecule has 5 rings (SSSR count). The number of ether oxygens (including phenoxy) is 1. The van der Waals surface area contributed by atoms with Gasteiger partial charge in [0.2, 0.25) is 0 Å². The quantitative estimate of drug-likeness (QED) is 0.470. The van der Waals surface area contributed by atoms with E-state index < -0.39 is 5.97 Å². The van der Waals surface area contributed by atoms with Crippen LogP contribution in [0.25, 0.3) is 0 Å². The van der Waals surface area contributed by atoms with Crippen LogP contribution in [0.5, 0.6) is 5.75 Å². The van der Waals surface area contributed by atoms with Gasteiger partial charge in [0.1, 0.15) is 5.75 Å². The molecule has 35 heavy (non-hydrogen) atoms. The normalized spacial score (nSPS) is 26.1. The molecule has 2 N–H and O–H groups in total. The van der Waals surface area contributed by atoms with Crippen LogP contribution in [0.3, 0.4) is 0 Å². The van der Waals surface area contributed by atoms with Crippen molar-refractivity contribution < 1.29 is 19.7 Å². The molecule has 3 aliphatic rings. The summed E-state index contributed by atoms with van der Waals surface area (Å²) in [5, 5.41) is 20.8. The molecule has 4 atom stereocenters. The average Bonchev–Trinajstić information content (AvgIpc) is 2.97. The maximum Gasteiger partial charge on any atom is 0.335 e. The molecule has 0 aromatic heterocycles. The second kappa shape index (κ2) is 9.87. The summed E-state index contributed by atoms with van der Waals surface area (Å²) in [5.41, 5.74) is 3.55. The Kier molecular flexibility index (Phi) is 6.82. The second-order valence-corrected chi connectivity index (χ2v) is 11.0. The molecule has 2 aliphatic carbocycles. The second-order valence-electron chi connectivity index (χ2n) is 10.6. The molecule has 1 spiro atoms. The molecule has 2 aromatic rings. The number of aliphatic hydroxyl groups excluding tert-OH is 1. The summed E-state index contributed by atoms with van der Waals surface area (Å²) < 4.78 is 6.43. The highest BCUT2D eigenvalue weighted by atomic mass is 35.5. The Bertz CT molecular complexity index is 1120. The Labute approximate surface area is 212 Å². The van der Waals surface area contributed by atoms with Gasteiger partial charge < -0.3 is 19.8 Å². The Morgan fingerprint density at radius 2 is 2.09 bits per heavy atom. The minimum Gasteiger partial charge on any atom is -0.490 e. The van der Waals surface area contributed by atoms with Crippen LogP contribution in [0.4, 0.5) is 5.69 Å². The first kappa shape index (κ1) is 24.2. The van der Waals surface area contributed by atoms with E-state index in [1.54, 1.807) is 18.2 Å². The minimum atomic E-state index is -0.932. The van der Waals surface area contributed by atoms with Crippen molar-refractivity contribution in [3.05, 3.63) is 70.8 Å². The van der Waals surface area contributed by atoms with Crippen LogP contribution < -0.4 is 9.64 Å². The number of anilines is 1. The number of nitrogens with zero attached hydrogens (tertiary/aromatic N) is 1. The van der Waals surface area contributed by atoms with Gasteiger partial charge in [0.15, 0.2) is 0 Å². The number of halogens is 1. The van der Waals surface area contributed by atoms with Crippen LogP contribution in [0, 0.1) is 11.8 Å². The number of hydrogen-bond acceptors (Lipinski definition) is 4. The van der Waals surface area contributed by atoms with E-state index in [1.165, 1.54) is 11.1 Å². The van der Waals surface area contributed by atoms with Crippen molar-refractivity contribution in [2.45, 2.75) is 56.5 Å². The average molecular weight is 496 g/mol. The van der Waals surface area contributed by atoms with Gasteiger partial charge in [-0.25, -0.2) is 4.79 Å². The van der Waals surface area contributed by atoms with E-state index in [0.29, 0.717) is 24.9 Å². The summed E-state index contributed by atoms with van der Waals surface area (Å²) in [6, 6.07) is 11.4. The number of hydrogen-bond donors (Lipinski definition) is 2. The Balaban J connectivity index is 1.48. The number of aliphatic hydroxyl groups is 1. The summed E-state index contributed by atoms with van der Waals surface area (Å²) >= 11 is 6.34. The lowest BCUT2D eigenvalue weighted by atomic mass is 9.68. The van der Waals surface area contributed by atoms with E-state index in [4.69, 9.17) is 16.3 Å². The maximum absolute atomic E-state index is 11.8. The lowest BCUT2D eigenvalue weighted by Crippen LogP contribution is -2.48. The first-order chi connectivity index (χ1) is 16.9. The number of carboxylic acid groups (broad SMARTS) is 1. The van der Waals surface area contributed by atoms with Crippen LogP contribution in [-0.4, -0.2) is 42.0 Å². The number of aryl methyl sites for hydroxylation is 1. The van der Waals surface area contributed by atoms with E-state index in [2.05, 4.69) is 23.6 Å². The van der Waals surface area contributed by atoms with Gasteiger partial charge >= 0.3 is 5.97 Å². The molecular formula is C29H34ClNO4. The van der Waals surface area contributed by atoms with Crippen LogP contribution >= 0.6 is 11.6 Å². The fourth-order valence-electron chi connectivity index (χ4n) is 6.36. The summed E-state index contributed by atoms with van der Waals surface area (Å²) in [4.78, 5) is 14.2. The van der Waals surface area contributed by atoms with E-state index in [1.807, 2.05) is 12.1 Å². The summed E-state index contributed by atoms with van der Waals surface area (Å²) in [5.74, 6) is 0.738. The van der Waals surface area contributed by atoms with Crippen LogP contribution in [0.15, 0.2) is 49.1 Å². The number of fused-ring (bicyclic) bond motifs is 3. The largest absolute Gasteiger partial charge is 0.490 e. The first-order valence-corrected chi connectivity index (χ1v) is 13.1. The van der Waals surface area contributed by atoms with Crippen molar-refractivity contribution in [1.82, 2.24) is 0 Å². The van der Waals surface area contributed by atoms with Gasteiger partial charge in [-0.3, -0.25) is 0 Å². The summed E-state index contributed by atoms with van der Waals surface area (Å²) in [6.45, 7) is 5.92. The third-order valence-corrected chi connectivity index (χ3v) is 8.56. The van der Waals surface area contributed by atoms with Crippen molar-refractivity contribution in [1.29, 1.82) is 0 Å². The van der Waals surface area contributed by atoms with Crippen molar-refractivity contribution in [3.8, 4) is 5.75 Å². The van der Waals surface area contributed by atoms with Gasteiger partial charge in [0.05, 0.1) is 24.0 Å². The molecule has 0 amide bonds. The van der Waals surface area contributed by atoms with E-state index in [-0.39, 0.29) is 17.1 Å². The van der Waals surface area contributed by atoms with Crippen LogP contribution in [0.2, 0.25) is 5.02 Å². The SMILES string of the molecule is C=CCC(O)C[C@@H]1CC[C@H]1CN1C[C@@]2(CCCc3cc(Cl)ccc32)COc2ccc(C(=O)O)cc21. The zero-order valence-electron chi connectivity index (χ0n) is 20.1. The number of rotatable bonds is 7. The van der Waals surface area contributed by atoms with Crippen molar-refractivity contribution >= 4 is 23.3 Å². The number of aromatic carboxylic acids is 1. The first-order valence-electron chi connectivity index (χ1n) is 12.7. The number of carbonyl (C=O) groups is 1. The molecule has 1 aliphatic heterocycles. The van der Waals surface area contributed by atoms with E-state index >= 15 is 0 Å². The van der Waals surface area contributed by atoms with Crippen LogP contribution in [0.1, 0.15) is 60.0 Å². The molecule has 1 saturated carbocycles. The molecule has 1 fully saturated rings. The summed E-state index contributed by atoms with van der Waals surface area (Å²) in [6.07, 6.45) is 8.19. The highest BCUT2D eigenvalue weighted by molar-refractivity contribution is 6.30. The lowest BCUT2D eigenvalue weighted by Gasteiger charge is -2.45. The molecule has 186 valence electrons. The van der Waals surface area contributed by atoms with Gasteiger partial charge in [-0.05, 0) is 98.2 Å². The van der Waals surface area contributed by atoms with Crippen molar-refractivity contribution in [2.24, 2.45) is 11.8 Å². The highest BCUT2D eigenvalue weighted by Gasteiger charge is 2.43. The predicted octanol–water partition coefficient (Wildman–Crippen LogP) is 5.86. The summed E-state index contributed by atoms with van der Waals surface area (Å²) in [7, 11) is 0. The molecule has 1 heterocycles. The minimum absolute atomic E-state index is 0.178. The Morgan fingerprint density at radius 1 is 1.26 bits per heavy atom. The topological polar surface area (TPSA) is 70.0 Å². The maximum atomic E-state index is 11.8. The zero-order valence-corrected chi connectivity index (χ0v) is 20.8. The molecule has 2 aromatic carbocycles. The predicted molar refractivity (Wildman–Crippen MR) is 139 cm³/mol. The lowest BCUT2D eigenvalue weighted by molar-refractivity contribution is 0.0696. The molecule has 0 radical (unpaired) electrons. The molecule has 5 nitrogen and oxygen atoms in total. The monoisotopic (exact) mass is 495 g/mol. The highest BCUT2D eigenvalue weighted by Crippen LogP contribution is 2.46. The Morgan fingerprint density at radius 3 is 2.83 bits per heavy atom. The number of benzene rings is 2. The van der Waals surface area contributed by atoms with Gasteiger partial charge in [-0.1, -0.05) is 23.7 Å². The molecule has 1 unspecified atom stereocenters. The van der Waals surface area contributed by atoms with Gasteiger partial charge in [0, 0.05) is 23.5 Å². The van der Waals surface area contributed by atoms with E-state index in [9.17, 15) is 15.0 Å². The van der Waals surface area contributed by atoms with Gasteiger partial charge in [0.25, 0.3) is 0 Å². The fourth-order valence-corrected chi connectivity index (χ4v) is 6.55. The van der Waals surface area contributed by atoms with E-state index in [0.717, 1.165) is 68.1 Å².